The van der Waals surface area contributed by atoms with Gasteiger partial charge in [0.25, 0.3) is 11.6 Å². The molecule has 2 rings (SSSR count). The second-order valence-corrected chi connectivity index (χ2v) is 5.81. The topological polar surface area (TPSA) is 125 Å². The van der Waals surface area contributed by atoms with Crippen LogP contribution in [-0.4, -0.2) is 35.9 Å². The van der Waals surface area contributed by atoms with Crippen LogP contribution >= 0.6 is 0 Å². The molecular weight excluding hydrogens is 356 g/mol. The Bertz CT molecular complexity index is 786. The van der Waals surface area contributed by atoms with E-state index in [0.29, 0.717) is 38.2 Å². The SMILES string of the molecule is CCOC(=O)CCCCOc1ccc([N+](=O)[O-])c(/C=C2\CC(=O)NC2=O)c1. The number of ether oxygens (including phenoxy) is 2. The summed E-state index contributed by atoms with van der Waals surface area (Å²) in [6.45, 7) is 2.42. The number of rotatable bonds is 9. The average molecular weight is 376 g/mol. The summed E-state index contributed by atoms with van der Waals surface area (Å²) in [5, 5.41) is 13.3. The lowest BCUT2D eigenvalue weighted by Crippen LogP contribution is -2.19. The number of nitrogens with zero attached hydrogens (tertiary/aromatic N) is 1. The molecule has 1 heterocycles. The zero-order valence-electron chi connectivity index (χ0n) is 14.9. The van der Waals surface area contributed by atoms with Gasteiger partial charge >= 0.3 is 5.97 Å². The predicted molar refractivity (Wildman–Crippen MR) is 94.8 cm³/mol. The molecule has 144 valence electrons. The van der Waals surface area contributed by atoms with E-state index >= 15 is 0 Å². The third kappa shape index (κ3) is 5.91. The molecule has 2 amide bonds. The number of amides is 2. The van der Waals surface area contributed by atoms with Gasteiger partial charge in [0.05, 0.1) is 30.1 Å². The first-order chi connectivity index (χ1) is 12.9. The minimum atomic E-state index is -0.565. The van der Waals surface area contributed by atoms with Crippen molar-refractivity contribution in [2.24, 2.45) is 0 Å². The zero-order chi connectivity index (χ0) is 19.8. The van der Waals surface area contributed by atoms with Crippen LogP contribution in [0.2, 0.25) is 0 Å². The second-order valence-electron chi connectivity index (χ2n) is 5.81. The molecule has 0 saturated carbocycles. The summed E-state index contributed by atoms with van der Waals surface area (Å²) in [7, 11) is 0. The molecule has 0 spiro atoms. The number of nitrogens with one attached hydrogen (secondary N) is 1. The van der Waals surface area contributed by atoms with Crippen LogP contribution in [0.5, 0.6) is 5.75 Å². The van der Waals surface area contributed by atoms with Crippen molar-refractivity contribution in [2.45, 2.75) is 32.6 Å². The van der Waals surface area contributed by atoms with E-state index in [1.54, 1.807) is 6.92 Å². The molecule has 1 fully saturated rings. The predicted octanol–water partition coefficient (Wildman–Crippen LogP) is 2.14. The van der Waals surface area contributed by atoms with Crippen molar-refractivity contribution in [1.82, 2.24) is 5.32 Å². The summed E-state index contributed by atoms with van der Waals surface area (Å²) in [5.41, 5.74) is 0.155. The van der Waals surface area contributed by atoms with Crippen LogP contribution in [0.3, 0.4) is 0 Å². The quantitative estimate of drug-likeness (QED) is 0.175. The molecule has 1 aliphatic rings. The van der Waals surface area contributed by atoms with Crippen molar-refractivity contribution in [3.05, 3.63) is 39.4 Å². The van der Waals surface area contributed by atoms with Crippen molar-refractivity contribution in [1.29, 1.82) is 0 Å². The molecule has 0 bridgehead atoms. The molecular formula is C18H20N2O7. The number of carbonyl (C=O) groups is 3. The largest absolute Gasteiger partial charge is 0.494 e. The fourth-order valence-corrected chi connectivity index (χ4v) is 2.51. The fourth-order valence-electron chi connectivity index (χ4n) is 2.51. The second kappa shape index (κ2) is 9.46. The highest BCUT2D eigenvalue weighted by molar-refractivity contribution is 6.15. The summed E-state index contributed by atoms with van der Waals surface area (Å²) in [4.78, 5) is 44.8. The molecule has 0 aliphatic carbocycles. The van der Waals surface area contributed by atoms with E-state index in [-0.39, 0.29) is 29.2 Å². The van der Waals surface area contributed by atoms with Gasteiger partial charge in [-0.25, -0.2) is 0 Å². The maximum absolute atomic E-state index is 11.7. The van der Waals surface area contributed by atoms with Crippen molar-refractivity contribution in [3.8, 4) is 5.75 Å². The molecule has 0 aromatic heterocycles. The fraction of sp³-hybridized carbons (Fsp3) is 0.389. The van der Waals surface area contributed by atoms with Gasteiger partial charge in [0.1, 0.15) is 5.75 Å². The smallest absolute Gasteiger partial charge is 0.305 e. The molecule has 0 unspecified atom stereocenters. The van der Waals surface area contributed by atoms with Crippen LogP contribution in [-0.2, 0) is 19.1 Å². The number of benzene rings is 1. The normalized spacial score (nSPS) is 14.9. The van der Waals surface area contributed by atoms with E-state index in [1.807, 2.05) is 0 Å². The Kier molecular flexibility index (Phi) is 7.04. The average Bonchev–Trinajstić information content (AvgIpc) is 2.92. The van der Waals surface area contributed by atoms with Gasteiger partial charge in [0.15, 0.2) is 0 Å². The van der Waals surface area contributed by atoms with Crippen LogP contribution in [0.4, 0.5) is 5.69 Å². The van der Waals surface area contributed by atoms with Crippen molar-refractivity contribution >= 4 is 29.5 Å². The Morgan fingerprint density at radius 3 is 2.74 bits per heavy atom. The monoisotopic (exact) mass is 376 g/mol. The molecule has 0 atom stereocenters. The summed E-state index contributed by atoms with van der Waals surface area (Å²) in [6.07, 6.45) is 2.73. The van der Waals surface area contributed by atoms with Gasteiger partial charge in [-0.3, -0.25) is 29.8 Å². The zero-order valence-corrected chi connectivity index (χ0v) is 14.9. The van der Waals surface area contributed by atoms with E-state index in [0.717, 1.165) is 0 Å². The van der Waals surface area contributed by atoms with Gasteiger partial charge in [0.2, 0.25) is 5.91 Å². The summed E-state index contributed by atoms with van der Waals surface area (Å²) in [6, 6.07) is 4.20. The van der Waals surface area contributed by atoms with E-state index < -0.39 is 16.7 Å². The maximum atomic E-state index is 11.7. The number of nitro benzene ring substituents is 1. The molecule has 9 nitrogen and oxygen atoms in total. The third-order valence-electron chi connectivity index (χ3n) is 3.77. The molecule has 9 heteroatoms. The van der Waals surface area contributed by atoms with E-state index in [9.17, 15) is 24.5 Å². The maximum Gasteiger partial charge on any atom is 0.305 e. The first kappa shape index (κ1) is 20.1. The molecule has 27 heavy (non-hydrogen) atoms. The number of imide groups is 1. The van der Waals surface area contributed by atoms with Crippen LogP contribution in [0.25, 0.3) is 6.08 Å². The van der Waals surface area contributed by atoms with E-state index in [4.69, 9.17) is 9.47 Å². The number of hydrogen-bond donors (Lipinski definition) is 1. The first-order valence-corrected chi connectivity index (χ1v) is 8.52. The van der Waals surface area contributed by atoms with Crippen LogP contribution in [0, 0.1) is 10.1 Å². The van der Waals surface area contributed by atoms with Gasteiger partial charge in [0, 0.05) is 18.1 Å². The minimum absolute atomic E-state index is 0.116. The number of unbranched alkanes of at least 4 members (excludes halogenated alkanes) is 1. The lowest BCUT2D eigenvalue weighted by Gasteiger charge is -2.08. The Morgan fingerprint density at radius 2 is 2.11 bits per heavy atom. The Balaban J connectivity index is 2.01. The van der Waals surface area contributed by atoms with Crippen molar-refractivity contribution in [2.75, 3.05) is 13.2 Å². The Hall–Kier alpha value is -3.23. The lowest BCUT2D eigenvalue weighted by molar-refractivity contribution is -0.385. The van der Waals surface area contributed by atoms with Crippen LogP contribution in [0.1, 0.15) is 38.2 Å². The summed E-state index contributed by atoms with van der Waals surface area (Å²) in [5.74, 6) is -0.859. The number of esters is 1. The highest BCUT2D eigenvalue weighted by Gasteiger charge is 2.25. The molecule has 1 aliphatic heterocycles. The van der Waals surface area contributed by atoms with Gasteiger partial charge < -0.3 is 9.47 Å². The highest BCUT2D eigenvalue weighted by Crippen LogP contribution is 2.28. The molecule has 1 aromatic carbocycles. The van der Waals surface area contributed by atoms with Gasteiger partial charge in [-0.05, 0) is 38.0 Å². The summed E-state index contributed by atoms with van der Waals surface area (Å²) < 4.78 is 10.4. The molecule has 1 N–H and O–H groups in total. The van der Waals surface area contributed by atoms with Crippen LogP contribution < -0.4 is 10.1 Å². The highest BCUT2D eigenvalue weighted by atomic mass is 16.6. The lowest BCUT2D eigenvalue weighted by atomic mass is 10.1. The van der Waals surface area contributed by atoms with Gasteiger partial charge in [-0.1, -0.05) is 0 Å². The Morgan fingerprint density at radius 1 is 1.33 bits per heavy atom. The van der Waals surface area contributed by atoms with E-state index in [1.165, 1.54) is 24.3 Å². The van der Waals surface area contributed by atoms with E-state index in [2.05, 4.69) is 5.32 Å². The molecule has 0 radical (unpaired) electrons. The third-order valence-corrected chi connectivity index (χ3v) is 3.77. The van der Waals surface area contributed by atoms with Crippen molar-refractivity contribution < 1.29 is 28.8 Å². The van der Waals surface area contributed by atoms with Gasteiger partial charge in [-0.2, -0.15) is 0 Å². The number of nitro groups is 1. The van der Waals surface area contributed by atoms with Gasteiger partial charge in [-0.15, -0.1) is 0 Å². The van der Waals surface area contributed by atoms with Crippen LogP contribution in [0.15, 0.2) is 23.8 Å². The molecule has 1 aromatic rings. The van der Waals surface area contributed by atoms with Crippen molar-refractivity contribution in [3.63, 3.8) is 0 Å². The minimum Gasteiger partial charge on any atom is -0.494 e. The Labute approximate surface area is 155 Å². The number of carbonyl (C=O) groups excluding carboxylic acids is 3. The summed E-state index contributed by atoms with van der Waals surface area (Å²) >= 11 is 0. The number of hydrogen-bond acceptors (Lipinski definition) is 7. The standard InChI is InChI=1S/C18H20N2O7/c1-2-26-17(22)5-3-4-8-27-14-6-7-15(20(24)25)12(10-14)9-13-11-16(21)19-18(13)23/h6-7,9-10H,2-5,8,11H2,1H3,(H,19,21,23)/b13-9+. The molecule has 1 saturated heterocycles. The first-order valence-electron chi connectivity index (χ1n) is 8.52.